The number of carbonyl (C=O) groups is 1. The second-order valence-electron chi connectivity index (χ2n) is 5.86. The van der Waals surface area contributed by atoms with E-state index in [4.69, 9.17) is 9.47 Å². The van der Waals surface area contributed by atoms with Crippen LogP contribution < -0.4 is 0 Å². The first kappa shape index (κ1) is 13.4. The van der Waals surface area contributed by atoms with Gasteiger partial charge in [-0.1, -0.05) is 24.3 Å². The van der Waals surface area contributed by atoms with Crippen molar-refractivity contribution in [2.24, 2.45) is 5.92 Å². The van der Waals surface area contributed by atoms with Crippen LogP contribution >= 0.6 is 0 Å². The van der Waals surface area contributed by atoms with E-state index in [0.29, 0.717) is 12.5 Å². The summed E-state index contributed by atoms with van der Waals surface area (Å²) < 4.78 is 10.9. The molecule has 2 heterocycles. The minimum absolute atomic E-state index is 0.0910. The molecule has 0 spiro atoms. The molecule has 0 aromatic rings. The fourth-order valence-electron chi connectivity index (χ4n) is 3.06. The lowest BCUT2D eigenvalue weighted by atomic mass is 9.83. The highest BCUT2D eigenvalue weighted by molar-refractivity contribution is 5.70. The average molecular weight is 275 g/mol. The van der Waals surface area contributed by atoms with Gasteiger partial charge in [-0.05, 0) is 31.4 Å². The van der Waals surface area contributed by atoms with Gasteiger partial charge >= 0.3 is 6.09 Å². The molecule has 3 aliphatic rings. The molecule has 4 heteroatoms. The molecule has 1 amide bonds. The third kappa shape index (κ3) is 2.52. The third-order valence-electron chi connectivity index (χ3n) is 4.03. The summed E-state index contributed by atoms with van der Waals surface area (Å²) in [5.74, 6) is 0.449. The molecule has 108 valence electrons. The molecule has 4 nitrogen and oxygen atoms in total. The van der Waals surface area contributed by atoms with Gasteiger partial charge in [0.2, 0.25) is 0 Å². The summed E-state index contributed by atoms with van der Waals surface area (Å²) in [6, 6.07) is 0.103. The molecule has 20 heavy (non-hydrogen) atoms. The molecular formula is C16H21NO3. The van der Waals surface area contributed by atoms with Crippen LogP contribution in [0.25, 0.3) is 0 Å². The molecular weight excluding hydrogens is 254 g/mol. The summed E-state index contributed by atoms with van der Waals surface area (Å²) in [5.41, 5.74) is 2.55. The van der Waals surface area contributed by atoms with Gasteiger partial charge in [0, 0.05) is 12.5 Å². The van der Waals surface area contributed by atoms with E-state index in [-0.39, 0.29) is 18.2 Å². The summed E-state index contributed by atoms with van der Waals surface area (Å²) in [5, 5.41) is 0. The van der Waals surface area contributed by atoms with E-state index in [0.717, 1.165) is 19.6 Å². The fourth-order valence-corrected chi connectivity index (χ4v) is 3.06. The molecule has 1 fully saturated rings. The maximum absolute atomic E-state index is 12.3. The van der Waals surface area contributed by atoms with Gasteiger partial charge < -0.3 is 9.47 Å². The van der Waals surface area contributed by atoms with Crippen molar-refractivity contribution in [3.05, 3.63) is 35.5 Å². The average Bonchev–Trinajstić information content (AvgIpc) is 2.74. The Bertz CT molecular complexity index is 490. The summed E-state index contributed by atoms with van der Waals surface area (Å²) in [7, 11) is 0. The predicted molar refractivity (Wildman–Crippen MR) is 76.3 cm³/mol. The van der Waals surface area contributed by atoms with Crippen molar-refractivity contribution in [1.82, 2.24) is 4.90 Å². The van der Waals surface area contributed by atoms with Gasteiger partial charge in [0.25, 0.3) is 0 Å². The first-order valence-corrected chi connectivity index (χ1v) is 7.27. The summed E-state index contributed by atoms with van der Waals surface area (Å²) in [4.78, 5) is 14.1. The zero-order valence-electron chi connectivity index (χ0n) is 12.0. The van der Waals surface area contributed by atoms with Crippen molar-refractivity contribution in [2.75, 3.05) is 19.8 Å². The molecule has 0 aromatic heterocycles. The second kappa shape index (κ2) is 5.44. The number of nitrogens with zero attached hydrogens (tertiary/aromatic N) is 1. The SMILES string of the molecule is CC(C)OC(=O)N1CC=CC=C2C=C3COCC3CC21. The Morgan fingerprint density at radius 2 is 2.35 bits per heavy atom. The number of amides is 1. The Hall–Kier alpha value is -1.55. The largest absolute Gasteiger partial charge is 0.447 e. The third-order valence-corrected chi connectivity index (χ3v) is 4.03. The van der Waals surface area contributed by atoms with Crippen molar-refractivity contribution in [3.8, 4) is 0 Å². The van der Waals surface area contributed by atoms with Crippen LogP contribution in [0.3, 0.4) is 0 Å². The molecule has 0 N–H and O–H groups in total. The van der Waals surface area contributed by atoms with E-state index in [1.165, 1.54) is 11.1 Å². The normalized spacial score (nSPS) is 28.4. The smallest absolute Gasteiger partial charge is 0.410 e. The number of ether oxygens (including phenoxy) is 2. The quantitative estimate of drug-likeness (QED) is 0.738. The number of allylic oxidation sites excluding steroid dienone is 2. The van der Waals surface area contributed by atoms with Crippen molar-refractivity contribution in [3.63, 3.8) is 0 Å². The minimum Gasteiger partial charge on any atom is -0.447 e. The summed E-state index contributed by atoms with van der Waals surface area (Å²) in [6.07, 6.45) is 8.97. The van der Waals surface area contributed by atoms with E-state index in [9.17, 15) is 4.79 Å². The number of hydrogen-bond acceptors (Lipinski definition) is 3. The first-order chi connectivity index (χ1) is 9.65. The van der Waals surface area contributed by atoms with Crippen LogP contribution in [0, 0.1) is 5.92 Å². The Labute approximate surface area is 119 Å². The topological polar surface area (TPSA) is 38.8 Å². The zero-order valence-corrected chi connectivity index (χ0v) is 12.0. The summed E-state index contributed by atoms with van der Waals surface area (Å²) >= 11 is 0. The molecule has 2 atom stereocenters. The van der Waals surface area contributed by atoms with Gasteiger partial charge in [-0.3, -0.25) is 4.90 Å². The van der Waals surface area contributed by atoms with Crippen molar-refractivity contribution < 1.29 is 14.3 Å². The minimum atomic E-state index is -0.224. The molecule has 0 saturated carbocycles. The first-order valence-electron chi connectivity index (χ1n) is 7.27. The van der Waals surface area contributed by atoms with Crippen molar-refractivity contribution in [2.45, 2.75) is 32.4 Å². The zero-order chi connectivity index (χ0) is 14.1. The lowest BCUT2D eigenvalue weighted by molar-refractivity contribution is 0.0682. The van der Waals surface area contributed by atoms with Crippen LogP contribution in [0.2, 0.25) is 0 Å². The van der Waals surface area contributed by atoms with Gasteiger partial charge in [0.05, 0.1) is 25.4 Å². The van der Waals surface area contributed by atoms with Crippen LogP contribution in [0.15, 0.2) is 35.5 Å². The second-order valence-corrected chi connectivity index (χ2v) is 5.86. The van der Waals surface area contributed by atoms with Gasteiger partial charge in [-0.2, -0.15) is 0 Å². The fraction of sp³-hybridized carbons (Fsp3) is 0.562. The van der Waals surface area contributed by atoms with Crippen LogP contribution in [0.1, 0.15) is 20.3 Å². The highest BCUT2D eigenvalue weighted by atomic mass is 16.6. The van der Waals surface area contributed by atoms with E-state index < -0.39 is 0 Å². The lowest BCUT2D eigenvalue weighted by Gasteiger charge is -2.35. The molecule has 1 aliphatic carbocycles. The lowest BCUT2D eigenvalue weighted by Crippen LogP contribution is -2.44. The highest BCUT2D eigenvalue weighted by Gasteiger charge is 2.36. The van der Waals surface area contributed by atoms with E-state index in [1.807, 2.05) is 30.9 Å². The van der Waals surface area contributed by atoms with Gasteiger partial charge in [-0.25, -0.2) is 4.79 Å². The number of rotatable bonds is 1. The molecule has 3 rings (SSSR count). The molecule has 1 saturated heterocycles. The maximum atomic E-state index is 12.3. The molecule has 0 aromatic carbocycles. The van der Waals surface area contributed by atoms with E-state index in [1.54, 1.807) is 0 Å². The Balaban J connectivity index is 1.85. The van der Waals surface area contributed by atoms with Crippen LogP contribution in [-0.2, 0) is 9.47 Å². The van der Waals surface area contributed by atoms with Gasteiger partial charge in [-0.15, -0.1) is 0 Å². The summed E-state index contributed by atoms with van der Waals surface area (Å²) in [6.45, 7) is 5.87. The molecule has 0 bridgehead atoms. The van der Waals surface area contributed by atoms with E-state index >= 15 is 0 Å². The van der Waals surface area contributed by atoms with Crippen LogP contribution in [-0.4, -0.2) is 42.9 Å². The maximum Gasteiger partial charge on any atom is 0.410 e. The number of carbonyl (C=O) groups excluding carboxylic acids is 1. The number of fused-ring (bicyclic) bond motifs is 2. The Morgan fingerprint density at radius 3 is 3.15 bits per heavy atom. The van der Waals surface area contributed by atoms with E-state index in [2.05, 4.69) is 12.2 Å². The number of hydrogen-bond donors (Lipinski definition) is 0. The van der Waals surface area contributed by atoms with Crippen molar-refractivity contribution >= 4 is 6.09 Å². The highest BCUT2D eigenvalue weighted by Crippen LogP contribution is 2.36. The standard InChI is InChI=1S/C16H21NO3/c1-11(2)20-16(18)17-6-4-3-5-12-7-13-9-19-10-14(13)8-15(12)17/h3-5,7,11,14-15H,6,8-10H2,1-2H3. The van der Waals surface area contributed by atoms with Gasteiger partial charge in [0.1, 0.15) is 0 Å². The predicted octanol–water partition coefficient (Wildman–Crippen LogP) is 2.67. The Morgan fingerprint density at radius 1 is 1.50 bits per heavy atom. The Kier molecular flexibility index (Phi) is 3.66. The van der Waals surface area contributed by atoms with Gasteiger partial charge in [0.15, 0.2) is 0 Å². The van der Waals surface area contributed by atoms with Crippen LogP contribution in [0.5, 0.6) is 0 Å². The molecule has 2 aliphatic heterocycles. The molecule has 2 unspecified atom stereocenters. The van der Waals surface area contributed by atoms with Crippen LogP contribution in [0.4, 0.5) is 4.79 Å². The van der Waals surface area contributed by atoms with Crippen molar-refractivity contribution in [1.29, 1.82) is 0 Å². The monoisotopic (exact) mass is 275 g/mol. The molecule has 0 radical (unpaired) electrons.